The molecule has 0 saturated heterocycles. The zero-order valence-electron chi connectivity index (χ0n) is 9.55. The number of hydrogen-bond donors (Lipinski definition) is 0. The summed E-state index contributed by atoms with van der Waals surface area (Å²) in [6.45, 7) is 4.37. The van der Waals surface area contributed by atoms with E-state index in [2.05, 4.69) is 58.7 Å². The molecule has 0 saturated carbocycles. The zero-order valence-corrected chi connectivity index (χ0v) is 12.2. The van der Waals surface area contributed by atoms with Gasteiger partial charge in [0.2, 0.25) is 0 Å². The van der Waals surface area contributed by atoms with Gasteiger partial charge in [-0.25, -0.2) is 0 Å². The second kappa shape index (κ2) is 3.57. The van der Waals surface area contributed by atoms with Crippen LogP contribution in [0.2, 0.25) is 0 Å². The van der Waals surface area contributed by atoms with E-state index < -0.39 is 6.10 Å². The molecule has 0 aromatic carbocycles. The van der Waals surface area contributed by atoms with E-state index >= 15 is 0 Å². The van der Waals surface area contributed by atoms with Gasteiger partial charge in [0.25, 0.3) is 0 Å². The van der Waals surface area contributed by atoms with Gasteiger partial charge in [-0.15, -0.1) is 0 Å². The average Bonchev–Trinajstić information content (AvgIpc) is 2.48. The van der Waals surface area contributed by atoms with Crippen molar-refractivity contribution < 1.29 is 0 Å². The number of allylic oxidation sites excluding steroid dienone is 3. The minimum atomic E-state index is -1.29. The Labute approximate surface area is 105 Å². The van der Waals surface area contributed by atoms with Gasteiger partial charge >= 0.3 is 105 Å². The van der Waals surface area contributed by atoms with Gasteiger partial charge in [0.1, 0.15) is 0 Å². The van der Waals surface area contributed by atoms with Gasteiger partial charge in [0.05, 0.1) is 0 Å². The maximum atomic E-state index is 4.97. The van der Waals surface area contributed by atoms with Crippen molar-refractivity contribution in [1.82, 2.24) is 4.90 Å². The monoisotopic (exact) mass is 298 g/mol. The quantitative estimate of drug-likeness (QED) is 0.381. The van der Waals surface area contributed by atoms with Crippen LogP contribution in [-0.4, -0.2) is 38.3 Å². The van der Waals surface area contributed by atoms with Gasteiger partial charge in [0.15, 0.2) is 0 Å². The van der Waals surface area contributed by atoms with Gasteiger partial charge in [0, 0.05) is 0 Å². The van der Waals surface area contributed by atoms with E-state index in [9.17, 15) is 0 Å². The Bertz CT molecular complexity index is 464. The van der Waals surface area contributed by atoms with E-state index in [0.717, 1.165) is 18.4 Å². The Balaban J connectivity index is 2.02. The third-order valence-electron chi connectivity index (χ3n) is 3.31. The fraction of sp³-hybridized carbons (Fsp3) is 0.417. The van der Waals surface area contributed by atoms with Gasteiger partial charge in [-0.05, 0) is 0 Å². The Hall–Kier alpha value is -0.361. The van der Waals surface area contributed by atoms with Crippen LogP contribution in [0, 0.1) is 0 Å². The van der Waals surface area contributed by atoms with Crippen LogP contribution < -0.4 is 0 Å². The molecule has 0 aliphatic carbocycles. The summed E-state index contributed by atoms with van der Waals surface area (Å²) >= 11 is 3.43. The molecule has 0 fully saturated rings. The molecule has 3 rings (SSSR count). The van der Waals surface area contributed by atoms with Crippen LogP contribution in [-0.2, 0) is 0 Å². The predicted molar refractivity (Wildman–Crippen MR) is 71.9 cm³/mol. The molecule has 0 spiro atoms. The molecule has 3 aliphatic heterocycles. The van der Waals surface area contributed by atoms with Crippen molar-refractivity contribution in [2.45, 2.75) is 26.1 Å². The van der Waals surface area contributed by atoms with Crippen molar-refractivity contribution in [2.24, 2.45) is 4.76 Å². The molecule has 0 N–H and O–H groups in total. The van der Waals surface area contributed by atoms with Crippen LogP contribution in [0.3, 0.4) is 0 Å². The molecular formula is C12H15N2PSe. The molecule has 0 radical (unpaired) electrons. The number of hydrogen-bond acceptors (Lipinski definition) is 2. The standard InChI is InChI=1S/C12H15N2PSe/c1-9-3-5-11-13-15(16)8-10(2)4-6-12(15)14(11)7-9/h3-5,7,12H,6,8H2,1-2H3/t12-,15?/m0/s1. The molecule has 3 aliphatic rings. The van der Waals surface area contributed by atoms with E-state index in [1.54, 1.807) is 0 Å². The normalized spacial score (nSPS) is 36.3. The second-order valence-corrected chi connectivity index (χ2v) is 11.4. The first-order chi connectivity index (χ1) is 7.58. The first kappa shape index (κ1) is 10.8. The summed E-state index contributed by atoms with van der Waals surface area (Å²) in [5.41, 5.74) is 2.82. The van der Waals surface area contributed by atoms with E-state index in [1.165, 1.54) is 11.1 Å². The molecule has 1 unspecified atom stereocenters. The summed E-state index contributed by atoms with van der Waals surface area (Å²) < 4.78 is 4.97. The summed E-state index contributed by atoms with van der Waals surface area (Å²) in [5.74, 6) is 1.73. The van der Waals surface area contributed by atoms with Crippen molar-refractivity contribution in [3.05, 3.63) is 35.6 Å². The number of nitrogens with zero attached hydrogens (tertiary/aromatic N) is 2. The topological polar surface area (TPSA) is 15.6 Å². The average molecular weight is 297 g/mol. The molecular weight excluding hydrogens is 282 g/mol. The third kappa shape index (κ3) is 1.54. The number of rotatable bonds is 0. The fourth-order valence-electron chi connectivity index (χ4n) is 2.53. The van der Waals surface area contributed by atoms with E-state index in [-0.39, 0.29) is 0 Å². The van der Waals surface area contributed by atoms with Crippen LogP contribution in [0.1, 0.15) is 20.3 Å². The molecule has 2 atom stereocenters. The summed E-state index contributed by atoms with van der Waals surface area (Å²) in [5, 5.41) is 0. The Morgan fingerprint density at radius 2 is 2.25 bits per heavy atom. The third-order valence-corrected chi connectivity index (χ3v) is 9.06. The van der Waals surface area contributed by atoms with Crippen LogP contribution in [0.25, 0.3) is 0 Å². The van der Waals surface area contributed by atoms with E-state index in [4.69, 9.17) is 4.76 Å². The van der Waals surface area contributed by atoms with Crippen molar-refractivity contribution in [3.8, 4) is 0 Å². The molecule has 0 aromatic rings. The predicted octanol–water partition coefficient (Wildman–Crippen LogP) is 2.87. The van der Waals surface area contributed by atoms with Crippen molar-refractivity contribution >= 4 is 27.5 Å². The fourth-order valence-corrected chi connectivity index (χ4v) is 8.30. The van der Waals surface area contributed by atoms with Crippen LogP contribution in [0.5, 0.6) is 0 Å². The van der Waals surface area contributed by atoms with Gasteiger partial charge in [-0.1, -0.05) is 0 Å². The second-order valence-electron chi connectivity index (χ2n) is 4.75. The van der Waals surface area contributed by atoms with Gasteiger partial charge in [-0.3, -0.25) is 0 Å². The molecule has 2 nitrogen and oxygen atoms in total. The minimum absolute atomic E-state index is 0.575. The SMILES string of the molecule is CC1=CN2C(=N[P+]3([Se-])CC(C)=CC[C@@H]23)C=C1. The molecule has 0 aromatic heterocycles. The Kier molecular flexibility index (Phi) is 2.40. The zero-order chi connectivity index (χ0) is 11.3. The van der Waals surface area contributed by atoms with Crippen LogP contribution >= 0.6 is 6.10 Å². The molecule has 16 heavy (non-hydrogen) atoms. The molecule has 0 amide bonds. The van der Waals surface area contributed by atoms with Gasteiger partial charge in [-0.2, -0.15) is 0 Å². The first-order valence-electron chi connectivity index (χ1n) is 5.58. The van der Waals surface area contributed by atoms with E-state index in [0.29, 0.717) is 5.78 Å². The molecule has 4 heteroatoms. The number of amidine groups is 1. The van der Waals surface area contributed by atoms with E-state index in [1.807, 2.05) is 0 Å². The summed E-state index contributed by atoms with van der Waals surface area (Å²) in [7, 11) is 0. The van der Waals surface area contributed by atoms with Crippen LogP contribution in [0.4, 0.5) is 0 Å². The van der Waals surface area contributed by atoms with Gasteiger partial charge < -0.3 is 0 Å². The van der Waals surface area contributed by atoms with Crippen LogP contribution in [0.15, 0.2) is 40.3 Å². The summed E-state index contributed by atoms with van der Waals surface area (Å²) in [6.07, 6.45) is 9.93. The Morgan fingerprint density at radius 3 is 3.06 bits per heavy atom. The van der Waals surface area contributed by atoms with Crippen molar-refractivity contribution in [1.29, 1.82) is 0 Å². The summed E-state index contributed by atoms with van der Waals surface area (Å²) in [4.78, 5) is 2.38. The Morgan fingerprint density at radius 1 is 1.44 bits per heavy atom. The first-order valence-corrected chi connectivity index (χ1v) is 9.79. The maximum absolute atomic E-state index is 4.97. The summed E-state index contributed by atoms with van der Waals surface area (Å²) in [6, 6.07) is 0. The van der Waals surface area contributed by atoms with Crippen molar-refractivity contribution in [2.75, 3.05) is 6.16 Å². The molecule has 84 valence electrons. The molecule has 3 heterocycles. The van der Waals surface area contributed by atoms with Crippen molar-refractivity contribution in [3.63, 3.8) is 0 Å². The number of fused-ring (bicyclic) bond motifs is 3. The molecule has 0 bridgehead atoms.